The van der Waals surface area contributed by atoms with Crippen LogP contribution in [-0.2, 0) is 0 Å². The smallest absolute Gasteiger partial charge is 0.345 e. The summed E-state index contributed by atoms with van der Waals surface area (Å²) in [6, 6.07) is 18.2. The van der Waals surface area contributed by atoms with Crippen molar-refractivity contribution >= 4 is 39.8 Å². The summed E-state index contributed by atoms with van der Waals surface area (Å²) in [5, 5.41) is 25.0. The van der Waals surface area contributed by atoms with Crippen LogP contribution in [0, 0.1) is 6.92 Å². The monoisotopic (exact) mass is 433 g/mol. The molecule has 0 radical (unpaired) electrons. The molecule has 0 unspecified atom stereocenters. The number of hydrogen-bond acceptors (Lipinski definition) is 5. The molecule has 3 N–H and O–H groups in total. The Kier molecular flexibility index (Phi) is 5.31. The molecule has 2 aromatic carbocycles. The van der Waals surface area contributed by atoms with Gasteiger partial charge in [-0.2, -0.15) is 5.10 Å². The Balaban J connectivity index is 1.71. The summed E-state index contributed by atoms with van der Waals surface area (Å²) in [6.07, 6.45) is 0. The van der Waals surface area contributed by atoms with Gasteiger partial charge in [0.05, 0.1) is 21.7 Å². The Morgan fingerprint density at radius 2 is 1.68 bits per heavy atom. The van der Waals surface area contributed by atoms with Crippen molar-refractivity contribution in [3.63, 3.8) is 0 Å². The van der Waals surface area contributed by atoms with E-state index in [1.165, 1.54) is 12.1 Å². The van der Waals surface area contributed by atoms with E-state index in [4.69, 9.17) is 5.11 Å². The van der Waals surface area contributed by atoms with Gasteiger partial charge < -0.3 is 10.2 Å². The van der Waals surface area contributed by atoms with E-state index in [9.17, 15) is 14.7 Å². The van der Waals surface area contributed by atoms with E-state index < -0.39 is 11.9 Å². The molecule has 0 bridgehead atoms. The third kappa shape index (κ3) is 3.80. The molecule has 7 nitrogen and oxygen atoms in total. The number of amides is 1. The van der Waals surface area contributed by atoms with Gasteiger partial charge in [0.25, 0.3) is 5.91 Å². The highest BCUT2D eigenvalue weighted by Crippen LogP contribution is 2.34. The van der Waals surface area contributed by atoms with E-state index in [1.54, 1.807) is 11.5 Å². The molecule has 0 atom stereocenters. The molecule has 4 rings (SSSR count). The molecule has 0 saturated heterocycles. The standard InChI is InChI=1S/C23H19N3O4S/c1-13-7-9-15(10-8-13)26-17-6-4-3-5-16(17)20(22(26)28)14(2)24-25-21(27)18-11-12-19(31-18)23(29)30/h3-12,28H,1-2H3,(H,25,27)(H,29,30). The van der Waals surface area contributed by atoms with E-state index in [0.717, 1.165) is 33.5 Å². The molecule has 0 fully saturated rings. The number of benzene rings is 2. The van der Waals surface area contributed by atoms with Crippen LogP contribution in [0.3, 0.4) is 0 Å². The number of aryl methyl sites for hydroxylation is 1. The summed E-state index contributed by atoms with van der Waals surface area (Å²) < 4.78 is 1.74. The fourth-order valence-corrected chi connectivity index (χ4v) is 4.09. The molecular weight excluding hydrogens is 414 g/mol. The second kappa shape index (κ2) is 8.08. The van der Waals surface area contributed by atoms with E-state index >= 15 is 0 Å². The Morgan fingerprint density at radius 1 is 1.00 bits per heavy atom. The molecule has 8 heteroatoms. The van der Waals surface area contributed by atoms with Crippen molar-refractivity contribution in [3.8, 4) is 11.6 Å². The first-order chi connectivity index (χ1) is 14.9. The molecule has 2 aromatic heterocycles. The first kappa shape index (κ1) is 20.4. The predicted octanol–water partition coefficient (Wildman–Crippen LogP) is 4.56. The van der Waals surface area contributed by atoms with Crippen LogP contribution < -0.4 is 5.43 Å². The molecule has 0 saturated carbocycles. The summed E-state index contributed by atoms with van der Waals surface area (Å²) in [4.78, 5) is 23.7. The highest BCUT2D eigenvalue weighted by Gasteiger charge is 2.20. The predicted molar refractivity (Wildman–Crippen MR) is 121 cm³/mol. The number of aromatic nitrogens is 1. The molecular formula is C23H19N3O4S. The molecule has 1 amide bonds. The first-order valence-corrected chi connectivity index (χ1v) is 10.3. The molecule has 0 aliphatic rings. The van der Waals surface area contributed by atoms with E-state index in [1.807, 2.05) is 55.5 Å². The summed E-state index contributed by atoms with van der Waals surface area (Å²) in [7, 11) is 0. The number of carbonyl (C=O) groups excluding carboxylic acids is 1. The van der Waals surface area contributed by atoms with Crippen molar-refractivity contribution in [1.29, 1.82) is 0 Å². The number of carbonyl (C=O) groups is 2. The number of aromatic carboxylic acids is 1. The van der Waals surface area contributed by atoms with Gasteiger partial charge in [-0.3, -0.25) is 9.36 Å². The lowest BCUT2D eigenvalue weighted by Crippen LogP contribution is -2.18. The van der Waals surface area contributed by atoms with Gasteiger partial charge >= 0.3 is 5.97 Å². The van der Waals surface area contributed by atoms with Gasteiger partial charge in [-0.05, 0) is 44.2 Å². The second-order valence-electron chi connectivity index (χ2n) is 6.99. The second-order valence-corrected chi connectivity index (χ2v) is 8.08. The molecule has 0 aliphatic heterocycles. The average molecular weight is 433 g/mol. The topological polar surface area (TPSA) is 104 Å². The molecule has 31 heavy (non-hydrogen) atoms. The van der Waals surface area contributed by atoms with Gasteiger partial charge in [0, 0.05) is 11.1 Å². The van der Waals surface area contributed by atoms with Crippen LogP contribution in [0.2, 0.25) is 0 Å². The minimum atomic E-state index is -1.09. The zero-order valence-corrected chi connectivity index (χ0v) is 17.6. The van der Waals surface area contributed by atoms with Crippen LogP contribution in [-0.4, -0.2) is 32.4 Å². The number of hydrogen-bond donors (Lipinski definition) is 3. The summed E-state index contributed by atoms with van der Waals surface area (Å²) in [5.41, 5.74) is 6.10. The number of nitrogens with one attached hydrogen (secondary N) is 1. The summed E-state index contributed by atoms with van der Waals surface area (Å²) in [6.45, 7) is 3.69. The quantitative estimate of drug-likeness (QED) is 0.317. The lowest BCUT2D eigenvalue weighted by molar-refractivity contribution is 0.0702. The summed E-state index contributed by atoms with van der Waals surface area (Å²) >= 11 is 0.870. The van der Waals surface area contributed by atoms with Crippen molar-refractivity contribution < 1.29 is 19.8 Å². The van der Waals surface area contributed by atoms with Crippen molar-refractivity contribution in [2.75, 3.05) is 0 Å². The summed E-state index contributed by atoms with van der Waals surface area (Å²) in [5.74, 6) is -1.58. The van der Waals surface area contributed by atoms with Gasteiger partial charge in [0.2, 0.25) is 5.88 Å². The maximum absolute atomic E-state index is 12.4. The Labute approximate surface area is 181 Å². The van der Waals surface area contributed by atoms with Crippen molar-refractivity contribution in [2.45, 2.75) is 13.8 Å². The third-order valence-electron chi connectivity index (χ3n) is 4.87. The van der Waals surface area contributed by atoms with Crippen molar-refractivity contribution in [2.24, 2.45) is 5.10 Å². The Hall–Kier alpha value is -3.91. The van der Waals surface area contributed by atoms with Crippen LogP contribution in [0.15, 0.2) is 65.8 Å². The van der Waals surface area contributed by atoms with E-state index in [2.05, 4.69) is 10.5 Å². The Morgan fingerprint density at radius 3 is 2.35 bits per heavy atom. The maximum atomic E-state index is 12.4. The van der Waals surface area contributed by atoms with Crippen LogP contribution >= 0.6 is 11.3 Å². The van der Waals surface area contributed by atoms with Gasteiger partial charge in [0.1, 0.15) is 4.88 Å². The highest BCUT2D eigenvalue weighted by atomic mass is 32.1. The van der Waals surface area contributed by atoms with Gasteiger partial charge in [-0.1, -0.05) is 35.9 Å². The van der Waals surface area contributed by atoms with Crippen LogP contribution in [0.4, 0.5) is 0 Å². The average Bonchev–Trinajstić information content (AvgIpc) is 3.36. The van der Waals surface area contributed by atoms with Crippen LogP contribution in [0.1, 0.15) is 37.4 Å². The maximum Gasteiger partial charge on any atom is 0.345 e. The van der Waals surface area contributed by atoms with Crippen LogP contribution in [0.5, 0.6) is 5.88 Å². The fourth-order valence-electron chi connectivity index (χ4n) is 3.36. The van der Waals surface area contributed by atoms with E-state index in [-0.39, 0.29) is 15.6 Å². The number of nitrogens with zero attached hydrogens (tertiary/aromatic N) is 2. The molecule has 0 aliphatic carbocycles. The molecule has 156 valence electrons. The highest BCUT2D eigenvalue weighted by molar-refractivity contribution is 7.15. The molecule has 0 spiro atoms. The van der Waals surface area contributed by atoms with Crippen molar-refractivity contribution in [1.82, 2.24) is 9.99 Å². The largest absolute Gasteiger partial charge is 0.494 e. The minimum Gasteiger partial charge on any atom is -0.494 e. The number of carboxylic acid groups (broad SMARTS) is 1. The number of rotatable bonds is 5. The molecule has 4 aromatic rings. The van der Waals surface area contributed by atoms with Gasteiger partial charge in [-0.25, -0.2) is 10.2 Å². The van der Waals surface area contributed by atoms with Crippen LogP contribution in [0.25, 0.3) is 16.6 Å². The third-order valence-corrected chi connectivity index (χ3v) is 5.94. The fraction of sp³-hybridized carbons (Fsp3) is 0.0870. The normalized spacial score (nSPS) is 11.6. The zero-order valence-electron chi connectivity index (χ0n) is 16.8. The van der Waals surface area contributed by atoms with Crippen molar-refractivity contribution in [3.05, 3.63) is 81.5 Å². The van der Waals surface area contributed by atoms with E-state index in [0.29, 0.717) is 11.3 Å². The lowest BCUT2D eigenvalue weighted by Gasteiger charge is -2.08. The number of carboxylic acids is 1. The zero-order chi connectivity index (χ0) is 22.1. The lowest BCUT2D eigenvalue weighted by atomic mass is 10.1. The Bertz CT molecular complexity index is 1330. The number of aromatic hydroxyl groups is 1. The minimum absolute atomic E-state index is 0.0184. The SMILES string of the molecule is CC(=NNC(=O)c1ccc(C(=O)O)s1)c1c(O)n(-c2ccc(C)cc2)c2ccccc12. The first-order valence-electron chi connectivity index (χ1n) is 9.44. The number of fused-ring (bicyclic) bond motifs is 1. The number of hydrazone groups is 1. The number of thiophene rings is 1. The van der Waals surface area contributed by atoms with Gasteiger partial charge in [0.15, 0.2) is 0 Å². The van der Waals surface area contributed by atoms with Gasteiger partial charge in [-0.15, -0.1) is 11.3 Å². The number of para-hydroxylation sites is 1. The molecule has 2 heterocycles.